The molecule has 1 aromatic rings. The first-order valence-electron chi connectivity index (χ1n) is 5.12. The number of ether oxygens (including phenoxy) is 1. The zero-order valence-corrected chi connectivity index (χ0v) is 9.01. The largest absolute Gasteiger partial charge is 0.362 e. The van der Waals surface area contributed by atoms with Crippen LogP contribution in [0.1, 0.15) is 18.6 Å². The maximum atomic E-state index is 11.4. The number of rotatable bonds is 1. The van der Waals surface area contributed by atoms with Crippen LogP contribution in [0.4, 0.5) is 0 Å². The fraction of sp³-hybridized carbons (Fsp3) is 0.417. The van der Waals surface area contributed by atoms with E-state index in [0.29, 0.717) is 0 Å². The molecule has 15 heavy (non-hydrogen) atoms. The Labute approximate surface area is 89.7 Å². The minimum atomic E-state index is -0.00565. The molecule has 2 rings (SSSR count). The maximum absolute atomic E-state index is 11.4. The first-order valence-corrected chi connectivity index (χ1v) is 5.12. The molecule has 1 saturated heterocycles. The third-order valence-corrected chi connectivity index (χ3v) is 2.96. The van der Waals surface area contributed by atoms with Gasteiger partial charge in [0.25, 0.3) is 0 Å². The second kappa shape index (κ2) is 4.03. The maximum Gasteiger partial charge on any atom is 0.248 e. The fourth-order valence-corrected chi connectivity index (χ4v) is 1.85. The van der Waals surface area contributed by atoms with Crippen LogP contribution in [0.25, 0.3) is 0 Å². The summed E-state index contributed by atoms with van der Waals surface area (Å²) < 4.78 is 5.57. The summed E-state index contributed by atoms with van der Waals surface area (Å²) in [6.45, 7) is 2.19. The van der Waals surface area contributed by atoms with E-state index < -0.39 is 0 Å². The van der Waals surface area contributed by atoms with Crippen molar-refractivity contribution in [3.05, 3.63) is 35.9 Å². The number of nitrogens with zero attached hydrogens (tertiary/aromatic N) is 1. The van der Waals surface area contributed by atoms with Gasteiger partial charge < -0.3 is 9.64 Å². The first-order chi connectivity index (χ1) is 7.20. The van der Waals surface area contributed by atoms with Crippen molar-refractivity contribution < 1.29 is 9.53 Å². The predicted molar refractivity (Wildman–Crippen MR) is 57.4 cm³/mol. The van der Waals surface area contributed by atoms with Gasteiger partial charge >= 0.3 is 0 Å². The molecule has 1 heterocycles. The van der Waals surface area contributed by atoms with E-state index >= 15 is 0 Å². The van der Waals surface area contributed by atoms with Gasteiger partial charge in [0.05, 0.1) is 6.04 Å². The zero-order chi connectivity index (χ0) is 10.8. The van der Waals surface area contributed by atoms with Crippen LogP contribution in [0.15, 0.2) is 30.3 Å². The molecule has 0 spiro atoms. The molecule has 1 amide bonds. The summed E-state index contributed by atoms with van der Waals surface area (Å²) in [4.78, 5) is 13.1. The monoisotopic (exact) mass is 205 g/mol. The molecule has 1 aliphatic heterocycles. The van der Waals surface area contributed by atoms with Gasteiger partial charge in [-0.2, -0.15) is 0 Å². The van der Waals surface area contributed by atoms with E-state index in [-0.39, 0.29) is 24.7 Å². The third kappa shape index (κ3) is 1.88. The first kappa shape index (κ1) is 10.2. The molecule has 0 unspecified atom stereocenters. The van der Waals surface area contributed by atoms with Gasteiger partial charge in [-0.15, -0.1) is 0 Å². The van der Waals surface area contributed by atoms with Crippen LogP contribution in [0.2, 0.25) is 0 Å². The van der Waals surface area contributed by atoms with Gasteiger partial charge in [-0.25, -0.2) is 0 Å². The summed E-state index contributed by atoms with van der Waals surface area (Å²) in [5.74, 6) is 0.0506. The van der Waals surface area contributed by atoms with E-state index in [9.17, 15) is 4.79 Å². The number of hydrogen-bond donors (Lipinski definition) is 0. The van der Waals surface area contributed by atoms with Crippen LogP contribution < -0.4 is 0 Å². The fourth-order valence-electron chi connectivity index (χ4n) is 1.85. The molecular formula is C12H15NO2. The Morgan fingerprint density at radius 1 is 1.33 bits per heavy atom. The Hall–Kier alpha value is -1.35. The molecule has 0 saturated carbocycles. The standard InChI is InChI=1S/C12H15NO2/c1-9-12(10-6-4-3-5-7-10)15-8-11(14)13(9)2/h3-7,9,12H,8H2,1-2H3/t9-,12-/m0/s1. The average Bonchev–Trinajstić information content (AvgIpc) is 2.27. The van der Waals surface area contributed by atoms with Crippen LogP contribution in [0.5, 0.6) is 0 Å². The van der Waals surface area contributed by atoms with Crippen molar-refractivity contribution in [2.45, 2.75) is 19.1 Å². The normalized spacial score (nSPS) is 26.8. The van der Waals surface area contributed by atoms with Crippen molar-refractivity contribution >= 4 is 5.91 Å². The van der Waals surface area contributed by atoms with Crippen LogP contribution in [0.3, 0.4) is 0 Å². The van der Waals surface area contributed by atoms with Crippen molar-refractivity contribution in [2.75, 3.05) is 13.7 Å². The van der Waals surface area contributed by atoms with E-state index in [1.165, 1.54) is 0 Å². The minimum Gasteiger partial charge on any atom is -0.362 e. The zero-order valence-electron chi connectivity index (χ0n) is 9.01. The lowest BCUT2D eigenvalue weighted by Crippen LogP contribution is -2.46. The molecule has 0 bridgehead atoms. The van der Waals surface area contributed by atoms with Crippen molar-refractivity contribution in [1.29, 1.82) is 0 Å². The molecule has 2 atom stereocenters. The van der Waals surface area contributed by atoms with Gasteiger partial charge in [-0.05, 0) is 12.5 Å². The molecular weight excluding hydrogens is 190 g/mol. The smallest absolute Gasteiger partial charge is 0.248 e. The van der Waals surface area contributed by atoms with E-state index in [1.54, 1.807) is 4.90 Å². The van der Waals surface area contributed by atoms with Crippen molar-refractivity contribution in [3.63, 3.8) is 0 Å². The second-order valence-electron chi connectivity index (χ2n) is 3.89. The summed E-state index contributed by atoms with van der Waals surface area (Å²) >= 11 is 0. The molecule has 3 nitrogen and oxygen atoms in total. The molecule has 0 radical (unpaired) electrons. The molecule has 1 aromatic carbocycles. The van der Waals surface area contributed by atoms with Crippen LogP contribution >= 0.6 is 0 Å². The van der Waals surface area contributed by atoms with E-state index in [2.05, 4.69) is 0 Å². The molecule has 80 valence electrons. The van der Waals surface area contributed by atoms with Crippen LogP contribution in [0, 0.1) is 0 Å². The number of carbonyl (C=O) groups excluding carboxylic acids is 1. The highest BCUT2D eigenvalue weighted by Crippen LogP contribution is 2.27. The highest BCUT2D eigenvalue weighted by Gasteiger charge is 2.31. The molecule has 1 fully saturated rings. The van der Waals surface area contributed by atoms with Crippen molar-refractivity contribution in [1.82, 2.24) is 4.90 Å². The van der Waals surface area contributed by atoms with Crippen LogP contribution in [-0.2, 0) is 9.53 Å². The van der Waals surface area contributed by atoms with Gasteiger partial charge in [0, 0.05) is 7.05 Å². The summed E-state index contributed by atoms with van der Waals surface area (Å²) in [6.07, 6.45) is -0.00565. The SMILES string of the molecule is C[C@H]1[C@@H](c2ccccc2)OCC(=O)N1C. The number of hydrogen-bond acceptors (Lipinski definition) is 2. The summed E-state index contributed by atoms with van der Waals surface area (Å²) in [5.41, 5.74) is 1.13. The Morgan fingerprint density at radius 2 is 2.00 bits per heavy atom. The summed E-state index contributed by atoms with van der Waals surface area (Å²) in [6, 6.07) is 10.1. The van der Waals surface area contributed by atoms with E-state index in [0.717, 1.165) is 5.56 Å². The molecule has 0 N–H and O–H groups in total. The number of benzene rings is 1. The van der Waals surface area contributed by atoms with Gasteiger partial charge in [0.1, 0.15) is 12.7 Å². The van der Waals surface area contributed by atoms with E-state index in [1.807, 2.05) is 44.3 Å². The van der Waals surface area contributed by atoms with Gasteiger partial charge in [0.2, 0.25) is 5.91 Å². The highest BCUT2D eigenvalue weighted by atomic mass is 16.5. The number of amides is 1. The lowest BCUT2D eigenvalue weighted by Gasteiger charge is -2.36. The number of carbonyl (C=O) groups is 1. The third-order valence-electron chi connectivity index (χ3n) is 2.96. The lowest BCUT2D eigenvalue weighted by molar-refractivity contribution is -0.153. The minimum absolute atomic E-state index is 0.00565. The number of morpholine rings is 1. The Kier molecular flexibility index (Phi) is 2.73. The second-order valence-corrected chi connectivity index (χ2v) is 3.89. The summed E-state index contributed by atoms with van der Waals surface area (Å²) in [7, 11) is 1.82. The molecule has 1 aliphatic rings. The van der Waals surface area contributed by atoms with Crippen molar-refractivity contribution in [2.24, 2.45) is 0 Å². The van der Waals surface area contributed by atoms with E-state index in [4.69, 9.17) is 4.74 Å². The highest BCUT2D eigenvalue weighted by molar-refractivity contribution is 5.78. The molecule has 0 aliphatic carbocycles. The van der Waals surface area contributed by atoms with Gasteiger partial charge in [-0.3, -0.25) is 4.79 Å². The Morgan fingerprint density at radius 3 is 2.67 bits per heavy atom. The van der Waals surface area contributed by atoms with Gasteiger partial charge in [0.15, 0.2) is 0 Å². The Bertz CT molecular complexity index is 350. The van der Waals surface area contributed by atoms with Gasteiger partial charge in [-0.1, -0.05) is 30.3 Å². The quantitative estimate of drug-likeness (QED) is 0.697. The van der Waals surface area contributed by atoms with Crippen LogP contribution in [-0.4, -0.2) is 30.5 Å². The average molecular weight is 205 g/mol. The summed E-state index contributed by atoms with van der Waals surface area (Å²) in [5, 5.41) is 0. The Balaban J connectivity index is 2.21. The topological polar surface area (TPSA) is 29.5 Å². The molecule has 3 heteroatoms. The van der Waals surface area contributed by atoms with Crippen molar-refractivity contribution in [3.8, 4) is 0 Å². The predicted octanol–water partition coefficient (Wildman–Crippen LogP) is 1.60. The number of likely N-dealkylation sites (N-methyl/N-ethyl adjacent to an activating group) is 1. The lowest BCUT2D eigenvalue weighted by atomic mass is 10.0. The molecule has 0 aromatic heterocycles.